The van der Waals surface area contributed by atoms with Gasteiger partial charge >= 0.3 is 5.69 Å². The molecule has 0 aliphatic carbocycles. The third-order valence-electron chi connectivity index (χ3n) is 5.31. The monoisotopic (exact) mass is 390 g/mol. The summed E-state index contributed by atoms with van der Waals surface area (Å²) in [5.41, 5.74) is -0.675. The highest BCUT2D eigenvalue weighted by atomic mass is 16.6. The highest BCUT2D eigenvalue weighted by Gasteiger charge is 2.20. The van der Waals surface area contributed by atoms with Crippen molar-refractivity contribution in [3.8, 4) is 0 Å². The first-order valence-corrected chi connectivity index (χ1v) is 9.59. The number of hydrogen-bond acceptors (Lipinski definition) is 6. The van der Waals surface area contributed by atoms with E-state index in [1.807, 2.05) is 0 Å². The molecule has 1 aliphatic rings. The highest BCUT2D eigenvalue weighted by molar-refractivity contribution is 5.80. The Labute approximate surface area is 162 Å². The van der Waals surface area contributed by atoms with Crippen molar-refractivity contribution in [1.82, 2.24) is 14.0 Å². The van der Waals surface area contributed by atoms with Crippen LogP contribution in [0.5, 0.6) is 0 Å². The molecule has 1 aromatic carbocycles. The van der Waals surface area contributed by atoms with Crippen molar-refractivity contribution >= 4 is 16.6 Å². The van der Waals surface area contributed by atoms with Crippen LogP contribution in [0.15, 0.2) is 27.8 Å². The summed E-state index contributed by atoms with van der Waals surface area (Å²) in [6.45, 7) is 5.04. The maximum absolute atomic E-state index is 13.1. The molecule has 0 saturated carbocycles. The van der Waals surface area contributed by atoms with E-state index in [2.05, 4.69) is 4.90 Å². The number of methoxy groups -OCH3 is 1. The Morgan fingerprint density at radius 3 is 2.54 bits per heavy atom. The predicted molar refractivity (Wildman–Crippen MR) is 106 cm³/mol. The Morgan fingerprint density at radius 1 is 1.18 bits per heavy atom. The average molecular weight is 390 g/mol. The van der Waals surface area contributed by atoms with Crippen molar-refractivity contribution < 1.29 is 9.66 Å². The van der Waals surface area contributed by atoms with Gasteiger partial charge < -0.3 is 9.64 Å². The summed E-state index contributed by atoms with van der Waals surface area (Å²) >= 11 is 0. The number of nitro benzene ring substituents is 1. The van der Waals surface area contributed by atoms with E-state index in [-0.39, 0.29) is 17.7 Å². The van der Waals surface area contributed by atoms with Crippen molar-refractivity contribution in [2.45, 2.75) is 38.8 Å². The van der Waals surface area contributed by atoms with Crippen LogP contribution in [0.1, 0.15) is 32.2 Å². The molecule has 2 aromatic rings. The molecule has 152 valence electrons. The molecule has 0 spiro atoms. The summed E-state index contributed by atoms with van der Waals surface area (Å²) in [4.78, 5) is 39.0. The maximum atomic E-state index is 13.1. The van der Waals surface area contributed by atoms with Gasteiger partial charge in [0.15, 0.2) is 0 Å². The van der Waals surface area contributed by atoms with Gasteiger partial charge in [-0.25, -0.2) is 4.79 Å². The number of non-ortho nitro benzene ring substituents is 1. The second-order valence-electron chi connectivity index (χ2n) is 7.27. The molecule has 0 radical (unpaired) electrons. The molecule has 0 bridgehead atoms. The van der Waals surface area contributed by atoms with Gasteiger partial charge in [-0.1, -0.05) is 6.42 Å². The first-order chi connectivity index (χ1) is 13.4. The number of likely N-dealkylation sites (tertiary alicyclic amines) is 1. The van der Waals surface area contributed by atoms with Crippen LogP contribution < -0.4 is 11.2 Å². The van der Waals surface area contributed by atoms with Gasteiger partial charge in [0.25, 0.3) is 11.2 Å². The zero-order valence-electron chi connectivity index (χ0n) is 16.3. The Balaban J connectivity index is 2.12. The molecule has 1 atom stereocenters. The lowest BCUT2D eigenvalue weighted by Gasteiger charge is -2.27. The fraction of sp³-hybridized carbons (Fsp3) is 0.579. The zero-order chi connectivity index (χ0) is 20.3. The van der Waals surface area contributed by atoms with Crippen molar-refractivity contribution in [3.05, 3.63) is 49.2 Å². The molecule has 1 fully saturated rings. The molecule has 9 heteroatoms. The zero-order valence-corrected chi connectivity index (χ0v) is 16.3. The number of hydrogen-bond donors (Lipinski definition) is 0. The summed E-state index contributed by atoms with van der Waals surface area (Å²) in [6.07, 6.45) is 3.51. The Kier molecular flexibility index (Phi) is 6.25. The summed E-state index contributed by atoms with van der Waals surface area (Å²) < 4.78 is 7.81. The second kappa shape index (κ2) is 8.66. The van der Waals surface area contributed by atoms with Gasteiger partial charge in [0.1, 0.15) is 0 Å². The minimum absolute atomic E-state index is 0.170. The largest absolute Gasteiger partial charge is 0.383 e. The molecule has 28 heavy (non-hydrogen) atoms. The molecular weight excluding hydrogens is 364 g/mol. The van der Waals surface area contributed by atoms with E-state index in [1.54, 1.807) is 11.5 Å². The van der Waals surface area contributed by atoms with Crippen LogP contribution in [0.25, 0.3) is 10.9 Å². The molecule has 1 aromatic heterocycles. The quantitative estimate of drug-likeness (QED) is 0.528. The van der Waals surface area contributed by atoms with E-state index >= 15 is 0 Å². The van der Waals surface area contributed by atoms with Gasteiger partial charge in [-0.05, 0) is 38.9 Å². The van der Waals surface area contributed by atoms with Crippen LogP contribution >= 0.6 is 0 Å². The lowest BCUT2D eigenvalue weighted by molar-refractivity contribution is -0.384. The van der Waals surface area contributed by atoms with Gasteiger partial charge in [-0.3, -0.25) is 24.0 Å². The van der Waals surface area contributed by atoms with E-state index in [4.69, 9.17) is 4.74 Å². The van der Waals surface area contributed by atoms with Crippen molar-refractivity contribution in [3.63, 3.8) is 0 Å². The van der Waals surface area contributed by atoms with Gasteiger partial charge in [-0.2, -0.15) is 0 Å². The molecule has 9 nitrogen and oxygen atoms in total. The first-order valence-electron chi connectivity index (χ1n) is 9.59. The molecule has 0 N–H and O–H groups in total. The summed E-state index contributed by atoms with van der Waals surface area (Å²) in [5, 5.41) is 11.3. The normalized spacial score (nSPS) is 16.4. The third-order valence-corrected chi connectivity index (χ3v) is 5.31. The predicted octanol–water partition coefficient (Wildman–Crippen LogP) is 1.76. The number of piperidine rings is 1. The van der Waals surface area contributed by atoms with Gasteiger partial charge in [0.05, 0.1) is 28.5 Å². The topological polar surface area (TPSA) is 99.6 Å². The fourth-order valence-corrected chi connectivity index (χ4v) is 3.84. The van der Waals surface area contributed by atoms with Gasteiger partial charge in [0.2, 0.25) is 0 Å². The van der Waals surface area contributed by atoms with Crippen LogP contribution in [0.2, 0.25) is 0 Å². The number of nitrogens with zero attached hydrogens (tertiary/aromatic N) is 4. The van der Waals surface area contributed by atoms with Gasteiger partial charge in [-0.15, -0.1) is 0 Å². The molecule has 1 aliphatic heterocycles. The molecule has 1 saturated heterocycles. The van der Waals surface area contributed by atoms with Crippen molar-refractivity contribution in [2.24, 2.45) is 0 Å². The lowest BCUT2D eigenvalue weighted by Crippen LogP contribution is -2.44. The minimum atomic E-state index is -0.537. The lowest BCUT2D eigenvalue weighted by atomic mass is 10.1. The van der Waals surface area contributed by atoms with E-state index in [0.29, 0.717) is 18.6 Å². The number of benzene rings is 1. The summed E-state index contributed by atoms with van der Waals surface area (Å²) in [7, 11) is 1.50. The van der Waals surface area contributed by atoms with E-state index in [9.17, 15) is 19.7 Å². The second-order valence-corrected chi connectivity index (χ2v) is 7.27. The van der Waals surface area contributed by atoms with Crippen LogP contribution in [-0.2, 0) is 11.3 Å². The summed E-state index contributed by atoms with van der Waals surface area (Å²) in [5.74, 6) is 0. The number of aromatic nitrogens is 2. The first kappa shape index (κ1) is 20.2. The SMILES string of the molecule is COC[C@H](C)n1c(=O)c2cc([N+](=O)[O-])ccc2n(CCN2CCCCC2)c1=O. The summed E-state index contributed by atoms with van der Waals surface area (Å²) in [6, 6.07) is 3.61. The highest BCUT2D eigenvalue weighted by Crippen LogP contribution is 2.18. The number of fused-ring (bicyclic) bond motifs is 1. The molecule has 3 rings (SSSR count). The Bertz CT molecular complexity index is 975. The van der Waals surface area contributed by atoms with E-state index in [1.165, 1.54) is 31.7 Å². The Morgan fingerprint density at radius 2 is 1.89 bits per heavy atom. The number of ether oxygens (including phenoxy) is 1. The smallest absolute Gasteiger partial charge is 0.331 e. The average Bonchev–Trinajstić information content (AvgIpc) is 2.68. The minimum Gasteiger partial charge on any atom is -0.383 e. The van der Waals surface area contributed by atoms with Crippen LogP contribution in [0.4, 0.5) is 5.69 Å². The maximum Gasteiger partial charge on any atom is 0.331 e. The van der Waals surface area contributed by atoms with Crippen LogP contribution in [0, 0.1) is 10.1 Å². The van der Waals surface area contributed by atoms with Gasteiger partial charge in [0, 0.05) is 32.3 Å². The third kappa shape index (κ3) is 4.00. The molecule has 0 unspecified atom stereocenters. The molecule has 0 amide bonds. The molecule has 2 heterocycles. The van der Waals surface area contributed by atoms with Crippen LogP contribution in [-0.4, -0.2) is 52.3 Å². The number of nitro groups is 1. The van der Waals surface area contributed by atoms with Crippen molar-refractivity contribution in [2.75, 3.05) is 33.4 Å². The van der Waals surface area contributed by atoms with E-state index < -0.39 is 22.2 Å². The van der Waals surface area contributed by atoms with Crippen molar-refractivity contribution in [1.29, 1.82) is 0 Å². The fourth-order valence-electron chi connectivity index (χ4n) is 3.84. The standard InChI is InChI=1S/C19H26N4O5/c1-14(13-28-2)22-18(24)16-12-15(23(26)27)6-7-17(16)21(19(22)25)11-10-20-8-4-3-5-9-20/h6-7,12,14H,3-5,8-11,13H2,1-2H3/t14-/m0/s1. The van der Waals surface area contributed by atoms with E-state index in [0.717, 1.165) is 30.5 Å². The molecular formula is C19H26N4O5. The van der Waals surface area contributed by atoms with Crippen LogP contribution in [0.3, 0.4) is 0 Å². The Hall–Kier alpha value is -2.52. The number of rotatable bonds is 7.